The van der Waals surface area contributed by atoms with Crippen LogP contribution in [0.2, 0.25) is 0 Å². The minimum absolute atomic E-state index is 0. The normalized spacial score (nSPS) is 10.3. The maximum atomic E-state index is 12.3. The third kappa shape index (κ3) is 6.68. The first-order valence-corrected chi connectivity index (χ1v) is 7.55. The number of benzene rings is 2. The Kier molecular flexibility index (Phi) is 8.73. The molecule has 3 nitrogen and oxygen atoms in total. The molecule has 0 fully saturated rings. The molecule has 0 saturated heterocycles. The summed E-state index contributed by atoms with van der Waals surface area (Å²) in [6, 6.07) is 20.0. The zero-order valence-corrected chi connectivity index (χ0v) is 13.9. The van der Waals surface area contributed by atoms with Gasteiger partial charge in [-0.1, -0.05) is 60.7 Å². The van der Waals surface area contributed by atoms with Crippen molar-refractivity contribution in [1.29, 1.82) is 0 Å². The molecule has 0 aliphatic carbocycles. The van der Waals surface area contributed by atoms with Crippen molar-refractivity contribution in [3.8, 4) is 0 Å². The zero-order chi connectivity index (χ0) is 15.6. The third-order valence-electron chi connectivity index (χ3n) is 3.44. The molecule has 0 bridgehead atoms. The largest absolute Gasteiger partial charge is 0.338 e. The summed E-state index contributed by atoms with van der Waals surface area (Å²) in [6.07, 6.45) is 4.30. The van der Waals surface area contributed by atoms with Crippen LogP contribution in [0.4, 0.5) is 0 Å². The molecule has 0 atom stereocenters. The monoisotopic (exact) mass is 330 g/mol. The molecule has 122 valence electrons. The maximum Gasteiger partial charge on any atom is 0.246 e. The van der Waals surface area contributed by atoms with E-state index in [9.17, 15) is 4.79 Å². The van der Waals surface area contributed by atoms with Crippen molar-refractivity contribution in [1.82, 2.24) is 4.90 Å². The van der Waals surface area contributed by atoms with E-state index in [1.165, 1.54) is 5.56 Å². The molecule has 0 aliphatic heterocycles. The molecule has 0 aromatic heterocycles. The summed E-state index contributed by atoms with van der Waals surface area (Å²) in [7, 11) is 0. The van der Waals surface area contributed by atoms with Crippen LogP contribution in [0.5, 0.6) is 0 Å². The second kappa shape index (κ2) is 10.6. The van der Waals surface area contributed by atoms with Crippen molar-refractivity contribution in [3.63, 3.8) is 0 Å². The molecule has 4 heteroatoms. The van der Waals surface area contributed by atoms with Gasteiger partial charge in [0.15, 0.2) is 0 Å². The van der Waals surface area contributed by atoms with Gasteiger partial charge in [0.05, 0.1) is 0 Å². The molecular weight excluding hydrogens is 308 g/mol. The van der Waals surface area contributed by atoms with Crippen LogP contribution in [0, 0.1) is 0 Å². The van der Waals surface area contributed by atoms with Crippen molar-refractivity contribution in [3.05, 3.63) is 77.9 Å². The third-order valence-corrected chi connectivity index (χ3v) is 3.44. The van der Waals surface area contributed by atoms with E-state index in [-0.39, 0.29) is 18.3 Å². The molecule has 0 aliphatic rings. The molecular formula is C19H23ClN2O. The lowest BCUT2D eigenvalue weighted by molar-refractivity contribution is -0.125. The Morgan fingerprint density at radius 3 is 2.17 bits per heavy atom. The lowest BCUT2D eigenvalue weighted by Crippen LogP contribution is -2.35. The average Bonchev–Trinajstić information content (AvgIpc) is 2.58. The lowest BCUT2D eigenvalue weighted by Gasteiger charge is -2.20. The second-order valence-corrected chi connectivity index (χ2v) is 5.09. The van der Waals surface area contributed by atoms with Gasteiger partial charge in [-0.3, -0.25) is 4.79 Å². The Bertz CT molecular complexity index is 599. The predicted octanol–water partition coefficient (Wildman–Crippen LogP) is 3.15. The molecule has 23 heavy (non-hydrogen) atoms. The van der Waals surface area contributed by atoms with E-state index in [1.54, 1.807) is 11.0 Å². The zero-order valence-electron chi connectivity index (χ0n) is 13.1. The highest BCUT2D eigenvalue weighted by Gasteiger charge is 2.09. The van der Waals surface area contributed by atoms with Gasteiger partial charge in [-0.15, -0.1) is 12.4 Å². The quantitative estimate of drug-likeness (QED) is 0.793. The minimum atomic E-state index is 0. The molecule has 2 aromatic carbocycles. The number of hydrogen-bond donors (Lipinski definition) is 1. The number of halogens is 1. The van der Waals surface area contributed by atoms with E-state index in [1.807, 2.05) is 54.6 Å². The van der Waals surface area contributed by atoms with E-state index in [4.69, 9.17) is 5.73 Å². The van der Waals surface area contributed by atoms with Crippen molar-refractivity contribution < 1.29 is 4.79 Å². The van der Waals surface area contributed by atoms with E-state index < -0.39 is 0 Å². The molecule has 0 saturated carbocycles. The van der Waals surface area contributed by atoms with Crippen LogP contribution in [0.3, 0.4) is 0 Å². The molecule has 2 N–H and O–H groups in total. The standard InChI is InChI=1S/C19H22N2O.ClH/c20-14-16-21(15-13-18-9-5-2-6-10-18)19(22)12-11-17-7-3-1-4-8-17;/h1-12H,13-16,20H2;1H/b12-11+;. The number of rotatable bonds is 7. The van der Waals surface area contributed by atoms with Crippen molar-refractivity contribution in [2.24, 2.45) is 5.73 Å². The lowest BCUT2D eigenvalue weighted by atomic mass is 10.1. The number of hydrogen-bond acceptors (Lipinski definition) is 2. The fourth-order valence-corrected chi connectivity index (χ4v) is 2.23. The minimum Gasteiger partial charge on any atom is -0.338 e. The van der Waals surface area contributed by atoms with Crippen LogP contribution in [0.25, 0.3) is 6.08 Å². The van der Waals surface area contributed by atoms with Gasteiger partial charge in [0.25, 0.3) is 0 Å². The van der Waals surface area contributed by atoms with E-state index in [2.05, 4.69) is 12.1 Å². The summed E-state index contributed by atoms with van der Waals surface area (Å²) in [6.45, 7) is 1.73. The van der Waals surface area contributed by atoms with Gasteiger partial charge in [0.2, 0.25) is 5.91 Å². The first-order chi connectivity index (χ1) is 10.8. The van der Waals surface area contributed by atoms with Crippen LogP contribution in [-0.4, -0.2) is 30.4 Å². The predicted molar refractivity (Wildman–Crippen MR) is 98.5 cm³/mol. The Hall–Kier alpha value is -2.10. The van der Waals surface area contributed by atoms with E-state index in [0.717, 1.165) is 12.0 Å². The fraction of sp³-hybridized carbons (Fsp3) is 0.211. The summed E-state index contributed by atoms with van der Waals surface area (Å²) < 4.78 is 0. The van der Waals surface area contributed by atoms with Gasteiger partial charge < -0.3 is 10.6 Å². The summed E-state index contributed by atoms with van der Waals surface area (Å²) in [5.74, 6) is 0.00485. The van der Waals surface area contributed by atoms with Crippen molar-refractivity contribution >= 4 is 24.4 Å². The average molecular weight is 331 g/mol. The highest BCUT2D eigenvalue weighted by Crippen LogP contribution is 2.04. The topological polar surface area (TPSA) is 46.3 Å². The number of carbonyl (C=O) groups excluding carboxylic acids is 1. The molecule has 0 radical (unpaired) electrons. The number of carbonyl (C=O) groups is 1. The first-order valence-electron chi connectivity index (χ1n) is 7.55. The van der Waals surface area contributed by atoms with Gasteiger partial charge in [0, 0.05) is 25.7 Å². The van der Waals surface area contributed by atoms with Crippen LogP contribution in [-0.2, 0) is 11.2 Å². The van der Waals surface area contributed by atoms with Gasteiger partial charge in [-0.2, -0.15) is 0 Å². The fourth-order valence-electron chi connectivity index (χ4n) is 2.23. The van der Waals surface area contributed by atoms with Crippen molar-refractivity contribution in [2.75, 3.05) is 19.6 Å². The molecule has 1 amide bonds. The molecule has 2 aromatic rings. The van der Waals surface area contributed by atoms with Crippen LogP contribution in [0.15, 0.2) is 66.7 Å². The van der Waals surface area contributed by atoms with Crippen LogP contribution < -0.4 is 5.73 Å². The van der Waals surface area contributed by atoms with Gasteiger partial charge in [-0.25, -0.2) is 0 Å². The number of nitrogens with two attached hydrogens (primary N) is 1. The Morgan fingerprint density at radius 1 is 0.957 bits per heavy atom. The van der Waals surface area contributed by atoms with Crippen LogP contribution in [0.1, 0.15) is 11.1 Å². The summed E-state index contributed by atoms with van der Waals surface area (Å²) in [5, 5.41) is 0. The second-order valence-electron chi connectivity index (χ2n) is 5.09. The summed E-state index contributed by atoms with van der Waals surface area (Å²) in [4.78, 5) is 14.1. The molecule has 2 rings (SSSR count). The number of amides is 1. The number of nitrogens with zero attached hydrogens (tertiary/aromatic N) is 1. The van der Waals surface area contributed by atoms with Gasteiger partial charge in [0.1, 0.15) is 0 Å². The highest BCUT2D eigenvalue weighted by atomic mass is 35.5. The Labute approximate surface area is 144 Å². The Morgan fingerprint density at radius 2 is 1.57 bits per heavy atom. The Balaban J connectivity index is 0.00000264. The summed E-state index contributed by atoms with van der Waals surface area (Å²) >= 11 is 0. The van der Waals surface area contributed by atoms with Crippen molar-refractivity contribution in [2.45, 2.75) is 6.42 Å². The van der Waals surface area contributed by atoms with Gasteiger partial charge in [-0.05, 0) is 23.6 Å². The maximum absolute atomic E-state index is 12.3. The first kappa shape index (κ1) is 18.9. The van der Waals surface area contributed by atoms with Crippen LogP contribution >= 0.6 is 12.4 Å². The van der Waals surface area contributed by atoms with Gasteiger partial charge >= 0.3 is 0 Å². The molecule has 0 heterocycles. The molecule has 0 unspecified atom stereocenters. The van der Waals surface area contributed by atoms with E-state index in [0.29, 0.717) is 19.6 Å². The van der Waals surface area contributed by atoms with E-state index >= 15 is 0 Å². The SMILES string of the molecule is Cl.NCCN(CCc1ccccc1)C(=O)/C=C/c1ccccc1. The highest BCUT2D eigenvalue weighted by molar-refractivity contribution is 5.91. The summed E-state index contributed by atoms with van der Waals surface area (Å²) in [5.41, 5.74) is 7.87. The molecule has 0 spiro atoms. The smallest absolute Gasteiger partial charge is 0.246 e.